The average molecular weight is 254 g/mol. The van der Waals surface area contributed by atoms with Gasteiger partial charge in [-0.25, -0.2) is 4.39 Å². The standard InChI is InChI=1S/C13H19FN2O2/c1-9-3-4-10(7-12(9)14)13(17)16-6-5-11(15)8-18-2/h3-4,7,11H,5-6,8,15H2,1-2H3,(H,16,17). The fourth-order valence-corrected chi connectivity index (χ4v) is 1.50. The molecule has 0 bridgehead atoms. The van der Waals surface area contributed by atoms with E-state index in [9.17, 15) is 9.18 Å². The van der Waals surface area contributed by atoms with Gasteiger partial charge in [-0.3, -0.25) is 4.79 Å². The summed E-state index contributed by atoms with van der Waals surface area (Å²) in [5.74, 6) is -0.669. The van der Waals surface area contributed by atoms with Gasteiger partial charge in [0.05, 0.1) is 6.61 Å². The molecule has 1 atom stereocenters. The first-order valence-electron chi connectivity index (χ1n) is 5.83. The number of halogens is 1. The number of aryl methyl sites for hydroxylation is 1. The minimum Gasteiger partial charge on any atom is -0.383 e. The number of ether oxygens (including phenoxy) is 1. The number of hydrogen-bond donors (Lipinski definition) is 2. The van der Waals surface area contributed by atoms with Crippen molar-refractivity contribution < 1.29 is 13.9 Å². The van der Waals surface area contributed by atoms with Gasteiger partial charge in [-0.05, 0) is 31.0 Å². The van der Waals surface area contributed by atoms with Crippen LogP contribution >= 0.6 is 0 Å². The Kier molecular flexibility index (Phi) is 5.74. The second kappa shape index (κ2) is 7.08. The molecule has 0 aliphatic rings. The van der Waals surface area contributed by atoms with Crippen LogP contribution in [0.3, 0.4) is 0 Å². The van der Waals surface area contributed by atoms with Crippen LogP contribution in [-0.4, -0.2) is 32.2 Å². The van der Waals surface area contributed by atoms with Gasteiger partial charge in [-0.2, -0.15) is 0 Å². The summed E-state index contributed by atoms with van der Waals surface area (Å²) in [6.45, 7) is 2.55. The first kappa shape index (κ1) is 14.6. The molecule has 18 heavy (non-hydrogen) atoms. The van der Waals surface area contributed by atoms with Crippen LogP contribution in [0.5, 0.6) is 0 Å². The van der Waals surface area contributed by atoms with Crippen LogP contribution in [0.1, 0.15) is 22.3 Å². The molecule has 0 radical (unpaired) electrons. The van der Waals surface area contributed by atoms with Gasteiger partial charge < -0.3 is 15.8 Å². The maximum absolute atomic E-state index is 13.3. The normalized spacial score (nSPS) is 12.2. The Morgan fingerprint density at radius 3 is 2.89 bits per heavy atom. The molecule has 3 N–H and O–H groups in total. The van der Waals surface area contributed by atoms with Gasteiger partial charge in [0, 0.05) is 25.3 Å². The third-order valence-electron chi connectivity index (χ3n) is 2.62. The Hall–Kier alpha value is -1.46. The predicted molar refractivity (Wildman–Crippen MR) is 67.9 cm³/mol. The Morgan fingerprint density at radius 1 is 1.56 bits per heavy atom. The second-order valence-corrected chi connectivity index (χ2v) is 4.22. The van der Waals surface area contributed by atoms with E-state index in [2.05, 4.69) is 5.32 Å². The smallest absolute Gasteiger partial charge is 0.251 e. The van der Waals surface area contributed by atoms with Crippen molar-refractivity contribution in [3.05, 3.63) is 35.1 Å². The molecule has 1 rings (SSSR count). The molecule has 5 heteroatoms. The lowest BCUT2D eigenvalue weighted by Crippen LogP contribution is -2.32. The Balaban J connectivity index is 2.43. The molecule has 0 aromatic heterocycles. The zero-order chi connectivity index (χ0) is 13.5. The number of rotatable bonds is 6. The zero-order valence-electron chi connectivity index (χ0n) is 10.7. The molecule has 1 unspecified atom stereocenters. The van der Waals surface area contributed by atoms with E-state index < -0.39 is 0 Å². The molecule has 1 amide bonds. The number of hydrogen-bond acceptors (Lipinski definition) is 3. The van der Waals surface area contributed by atoms with E-state index in [1.165, 1.54) is 6.07 Å². The second-order valence-electron chi connectivity index (χ2n) is 4.22. The lowest BCUT2D eigenvalue weighted by atomic mass is 10.1. The highest BCUT2D eigenvalue weighted by Gasteiger charge is 2.08. The van der Waals surface area contributed by atoms with Gasteiger partial charge in [0.1, 0.15) is 5.82 Å². The van der Waals surface area contributed by atoms with E-state index in [0.29, 0.717) is 30.7 Å². The van der Waals surface area contributed by atoms with E-state index in [0.717, 1.165) is 0 Å². The topological polar surface area (TPSA) is 64.3 Å². The maximum Gasteiger partial charge on any atom is 0.251 e. The van der Waals surface area contributed by atoms with Crippen LogP contribution in [-0.2, 0) is 4.74 Å². The molecular formula is C13H19FN2O2. The summed E-state index contributed by atoms with van der Waals surface area (Å²) in [6, 6.07) is 4.31. The van der Waals surface area contributed by atoms with E-state index in [4.69, 9.17) is 10.5 Å². The molecule has 4 nitrogen and oxygen atoms in total. The predicted octanol–water partition coefficient (Wildman–Crippen LogP) is 1.23. The van der Waals surface area contributed by atoms with Crippen LogP contribution in [0.4, 0.5) is 4.39 Å². The highest BCUT2D eigenvalue weighted by atomic mass is 19.1. The molecule has 0 fully saturated rings. The average Bonchev–Trinajstić information content (AvgIpc) is 2.33. The minimum absolute atomic E-state index is 0.106. The molecule has 0 spiro atoms. The van der Waals surface area contributed by atoms with Gasteiger partial charge in [-0.1, -0.05) is 6.07 Å². The summed E-state index contributed by atoms with van der Waals surface area (Å²) in [4.78, 5) is 11.7. The van der Waals surface area contributed by atoms with Crippen molar-refractivity contribution in [1.29, 1.82) is 0 Å². The fraction of sp³-hybridized carbons (Fsp3) is 0.462. The summed E-state index contributed by atoms with van der Waals surface area (Å²) >= 11 is 0. The highest BCUT2D eigenvalue weighted by molar-refractivity contribution is 5.94. The fourth-order valence-electron chi connectivity index (χ4n) is 1.50. The third-order valence-corrected chi connectivity index (χ3v) is 2.62. The number of carbonyl (C=O) groups is 1. The SMILES string of the molecule is COCC(N)CCNC(=O)c1ccc(C)c(F)c1. The molecule has 0 heterocycles. The van der Waals surface area contributed by atoms with Crippen molar-refractivity contribution in [3.8, 4) is 0 Å². The molecule has 0 aliphatic heterocycles. The summed E-state index contributed by atoms with van der Waals surface area (Å²) in [5, 5.41) is 2.69. The lowest BCUT2D eigenvalue weighted by molar-refractivity contribution is 0.0949. The molecule has 1 aromatic rings. The number of amides is 1. The Bertz CT molecular complexity index is 410. The van der Waals surface area contributed by atoms with Crippen molar-refractivity contribution in [2.45, 2.75) is 19.4 Å². The first-order valence-corrected chi connectivity index (χ1v) is 5.83. The summed E-state index contributed by atoms with van der Waals surface area (Å²) in [5.41, 5.74) is 6.56. The van der Waals surface area contributed by atoms with Crippen molar-refractivity contribution in [2.75, 3.05) is 20.3 Å². The van der Waals surface area contributed by atoms with Gasteiger partial charge in [-0.15, -0.1) is 0 Å². The molecule has 0 aliphatic carbocycles. The number of benzene rings is 1. The minimum atomic E-state index is -0.376. The third kappa shape index (κ3) is 4.43. The van der Waals surface area contributed by atoms with Crippen molar-refractivity contribution in [2.24, 2.45) is 5.73 Å². The summed E-state index contributed by atoms with van der Waals surface area (Å²) < 4.78 is 18.2. The van der Waals surface area contributed by atoms with Gasteiger partial charge in [0.2, 0.25) is 0 Å². The maximum atomic E-state index is 13.3. The van der Waals surface area contributed by atoms with Crippen molar-refractivity contribution in [3.63, 3.8) is 0 Å². The number of nitrogens with one attached hydrogen (secondary N) is 1. The van der Waals surface area contributed by atoms with Crippen LogP contribution in [0.2, 0.25) is 0 Å². The van der Waals surface area contributed by atoms with E-state index in [-0.39, 0.29) is 17.8 Å². The van der Waals surface area contributed by atoms with Crippen molar-refractivity contribution in [1.82, 2.24) is 5.32 Å². The molecule has 1 aromatic carbocycles. The number of carbonyl (C=O) groups excluding carboxylic acids is 1. The molecular weight excluding hydrogens is 235 g/mol. The number of nitrogens with two attached hydrogens (primary N) is 1. The molecule has 0 saturated heterocycles. The van der Waals surface area contributed by atoms with Gasteiger partial charge in [0.15, 0.2) is 0 Å². The van der Waals surface area contributed by atoms with Gasteiger partial charge >= 0.3 is 0 Å². The van der Waals surface area contributed by atoms with Crippen molar-refractivity contribution >= 4 is 5.91 Å². The van der Waals surface area contributed by atoms with E-state index >= 15 is 0 Å². The largest absolute Gasteiger partial charge is 0.383 e. The van der Waals surface area contributed by atoms with Crippen LogP contribution in [0.15, 0.2) is 18.2 Å². The van der Waals surface area contributed by atoms with Crippen LogP contribution in [0, 0.1) is 12.7 Å². The highest BCUT2D eigenvalue weighted by Crippen LogP contribution is 2.08. The molecule has 100 valence electrons. The first-order chi connectivity index (χ1) is 8.54. The zero-order valence-corrected chi connectivity index (χ0v) is 10.7. The van der Waals surface area contributed by atoms with Gasteiger partial charge in [0.25, 0.3) is 5.91 Å². The van der Waals surface area contributed by atoms with E-state index in [1.54, 1.807) is 26.2 Å². The number of methoxy groups -OCH3 is 1. The Morgan fingerprint density at radius 2 is 2.28 bits per heavy atom. The lowest BCUT2D eigenvalue weighted by Gasteiger charge is -2.11. The Labute approximate surface area is 106 Å². The molecule has 0 saturated carbocycles. The van der Waals surface area contributed by atoms with Crippen LogP contribution < -0.4 is 11.1 Å². The van der Waals surface area contributed by atoms with E-state index in [1.807, 2.05) is 0 Å². The summed E-state index contributed by atoms with van der Waals surface area (Å²) in [7, 11) is 1.58. The monoisotopic (exact) mass is 254 g/mol. The summed E-state index contributed by atoms with van der Waals surface area (Å²) in [6.07, 6.45) is 0.619. The quantitative estimate of drug-likeness (QED) is 0.802. The van der Waals surface area contributed by atoms with Crippen LogP contribution in [0.25, 0.3) is 0 Å².